The van der Waals surface area contributed by atoms with Crippen molar-refractivity contribution in [1.82, 2.24) is 0 Å². The third-order valence-electron chi connectivity index (χ3n) is 3.46. The van der Waals surface area contributed by atoms with Crippen molar-refractivity contribution in [1.29, 1.82) is 0 Å². The number of nitrogens with two attached hydrogens (primary N) is 1. The number of hydrogen-bond donors (Lipinski definition) is 1. The Morgan fingerprint density at radius 2 is 1.45 bits per heavy atom. The zero-order valence-corrected chi connectivity index (χ0v) is 11.0. The van der Waals surface area contributed by atoms with Crippen LogP contribution in [-0.4, -0.2) is 5.78 Å². The SMILES string of the molecule is NCc1ccc(C(=O)c2ccc3ccccc3c2)cc1. The molecule has 0 unspecified atom stereocenters. The summed E-state index contributed by atoms with van der Waals surface area (Å²) in [5.41, 5.74) is 8.00. The summed E-state index contributed by atoms with van der Waals surface area (Å²) in [6.07, 6.45) is 0. The summed E-state index contributed by atoms with van der Waals surface area (Å²) in [6, 6.07) is 21.3. The van der Waals surface area contributed by atoms with E-state index in [-0.39, 0.29) is 5.78 Å². The predicted molar refractivity (Wildman–Crippen MR) is 81.7 cm³/mol. The van der Waals surface area contributed by atoms with Gasteiger partial charge in [0.2, 0.25) is 0 Å². The fraction of sp³-hybridized carbons (Fsp3) is 0.0556. The van der Waals surface area contributed by atoms with E-state index in [1.54, 1.807) is 0 Å². The first-order chi connectivity index (χ1) is 9.78. The molecular formula is C18H15NO. The van der Waals surface area contributed by atoms with Crippen LogP contribution in [0.3, 0.4) is 0 Å². The zero-order chi connectivity index (χ0) is 13.9. The Morgan fingerprint density at radius 3 is 2.15 bits per heavy atom. The number of rotatable bonds is 3. The minimum atomic E-state index is 0.0410. The van der Waals surface area contributed by atoms with Crippen molar-refractivity contribution in [2.75, 3.05) is 0 Å². The minimum absolute atomic E-state index is 0.0410. The third kappa shape index (κ3) is 2.33. The molecule has 0 aliphatic carbocycles. The van der Waals surface area contributed by atoms with Crippen LogP contribution in [0, 0.1) is 0 Å². The Bertz CT molecular complexity index is 760. The maximum absolute atomic E-state index is 12.5. The van der Waals surface area contributed by atoms with E-state index < -0.39 is 0 Å². The molecule has 0 saturated carbocycles. The van der Waals surface area contributed by atoms with Crippen LogP contribution in [0.25, 0.3) is 10.8 Å². The topological polar surface area (TPSA) is 43.1 Å². The van der Waals surface area contributed by atoms with Gasteiger partial charge in [0.15, 0.2) is 5.78 Å². The van der Waals surface area contributed by atoms with Gasteiger partial charge in [-0.1, -0.05) is 60.7 Å². The summed E-state index contributed by atoms with van der Waals surface area (Å²) >= 11 is 0. The summed E-state index contributed by atoms with van der Waals surface area (Å²) in [4.78, 5) is 12.5. The van der Waals surface area contributed by atoms with E-state index in [2.05, 4.69) is 0 Å². The zero-order valence-electron chi connectivity index (χ0n) is 11.0. The van der Waals surface area contributed by atoms with E-state index in [4.69, 9.17) is 5.73 Å². The largest absolute Gasteiger partial charge is 0.326 e. The molecule has 2 heteroatoms. The quantitative estimate of drug-likeness (QED) is 0.733. The fourth-order valence-corrected chi connectivity index (χ4v) is 2.29. The highest BCUT2D eigenvalue weighted by molar-refractivity contribution is 6.10. The van der Waals surface area contributed by atoms with Gasteiger partial charge in [-0.3, -0.25) is 4.79 Å². The molecule has 3 aromatic rings. The average Bonchev–Trinajstić information content (AvgIpc) is 2.54. The van der Waals surface area contributed by atoms with Crippen molar-refractivity contribution in [3.05, 3.63) is 83.4 Å². The Hall–Kier alpha value is -2.45. The minimum Gasteiger partial charge on any atom is -0.326 e. The lowest BCUT2D eigenvalue weighted by Gasteiger charge is -2.04. The van der Waals surface area contributed by atoms with Crippen molar-refractivity contribution in [3.63, 3.8) is 0 Å². The second-order valence-corrected chi connectivity index (χ2v) is 4.79. The van der Waals surface area contributed by atoms with Crippen LogP contribution < -0.4 is 5.73 Å². The molecule has 0 amide bonds. The van der Waals surface area contributed by atoms with Crippen molar-refractivity contribution < 1.29 is 4.79 Å². The molecule has 2 nitrogen and oxygen atoms in total. The second kappa shape index (κ2) is 5.27. The van der Waals surface area contributed by atoms with Gasteiger partial charge >= 0.3 is 0 Å². The summed E-state index contributed by atoms with van der Waals surface area (Å²) < 4.78 is 0. The van der Waals surface area contributed by atoms with Gasteiger partial charge in [-0.25, -0.2) is 0 Å². The fourth-order valence-electron chi connectivity index (χ4n) is 2.29. The van der Waals surface area contributed by atoms with E-state index in [0.29, 0.717) is 17.7 Å². The van der Waals surface area contributed by atoms with E-state index in [1.807, 2.05) is 66.7 Å². The molecule has 0 atom stereocenters. The van der Waals surface area contributed by atoms with Gasteiger partial charge in [-0.15, -0.1) is 0 Å². The highest BCUT2D eigenvalue weighted by atomic mass is 16.1. The molecule has 2 N–H and O–H groups in total. The van der Waals surface area contributed by atoms with Gasteiger partial charge in [-0.2, -0.15) is 0 Å². The maximum atomic E-state index is 12.5. The summed E-state index contributed by atoms with van der Waals surface area (Å²) in [5, 5.41) is 2.22. The van der Waals surface area contributed by atoms with E-state index in [1.165, 1.54) is 0 Å². The number of fused-ring (bicyclic) bond motifs is 1. The molecule has 0 aromatic heterocycles. The van der Waals surface area contributed by atoms with Crippen molar-refractivity contribution >= 4 is 16.6 Å². The van der Waals surface area contributed by atoms with Gasteiger partial charge < -0.3 is 5.73 Å². The van der Waals surface area contributed by atoms with Gasteiger partial charge in [0.1, 0.15) is 0 Å². The first kappa shape index (κ1) is 12.6. The van der Waals surface area contributed by atoms with Crippen LogP contribution in [0.2, 0.25) is 0 Å². The molecule has 0 saturated heterocycles. The van der Waals surface area contributed by atoms with Crippen LogP contribution in [0.4, 0.5) is 0 Å². The summed E-state index contributed by atoms with van der Waals surface area (Å²) in [6.45, 7) is 0.491. The van der Waals surface area contributed by atoms with Gasteiger partial charge in [0.05, 0.1) is 0 Å². The Labute approximate surface area is 117 Å². The number of hydrogen-bond acceptors (Lipinski definition) is 2. The summed E-state index contributed by atoms with van der Waals surface area (Å²) in [5.74, 6) is 0.0410. The lowest BCUT2D eigenvalue weighted by atomic mass is 9.99. The average molecular weight is 261 g/mol. The molecule has 20 heavy (non-hydrogen) atoms. The van der Waals surface area contributed by atoms with E-state index in [9.17, 15) is 4.79 Å². The van der Waals surface area contributed by atoms with Crippen molar-refractivity contribution in [2.45, 2.75) is 6.54 Å². The Balaban J connectivity index is 1.98. The predicted octanol–water partition coefficient (Wildman–Crippen LogP) is 3.53. The normalized spacial score (nSPS) is 10.7. The molecule has 0 bridgehead atoms. The first-order valence-electron chi connectivity index (χ1n) is 6.60. The van der Waals surface area contributed by atoms with Crippen LogP contribution in [0.5, 0.6) is 0 Å². The first-order valence-corrected chi connectivity index (χ1v) is 6.60. The molecular weight excluding hydrogens is 246 g/mol. The van der Waals surface area contributed by atoms with Crippen molar-refractivity contribution in [3.8, 4) is 0 Å². The molecule has 98 valence electrons. The lowest BCUT2D eigenvalue weighted by Crippen LogP contribution is -2.02. The van der Waals surface area contributed by atoms with Gasteiger partial charge in [0, 0.05) is 17.7 Å². The number of carbonyl (C=O) groups excluding carboxylic acids is 1. The highest BCUT2D eigenvalue weighted by Gasteiger charge is 2.09. The Morgan fingerprint density at radius 1 is 0.800 bits per heavy atom. The molecule has 0 heterocycles. The lowest BCUT2D eigenvalue weighted by molar-refractivity contribution is 0.103. The second-order valence-electron chi connectivity index (χ2n) is 4.79. The maximum Gasteiger partial charge on any atom is 0.193 e. The molecule has 0 aliphatic rings. The number of carbonyl (C=O) groups is 1. The van der Waals surface area contributed by atoms with Crippen LogP contribution >= 0.6 is 0 Å². The molecule has 0 radical (unpaired) electrons. The smallest absolute Gasteiger partial charge is 0.193 e. The molecule has 0 aliphatic heterocycles. The molecule has 3 rings (SSSR count). The van der Waals surface area contributed by atoms with Gasteiger partial charge in [0.25, 0.3) is 0 Å². The van der Waals surface area contributed by atoms with Gasteiger partial charge in [-0.05, 0) is 22.4 Å². The molecule has 0 fully saturated rings. The summed E-state index contributed by atoms with van der Waals surface area (Å²) in [7, 11) is 0. The van der Waals surface area contributed by atoms with Crippen LogP contribution in [0.1, 0.15) is 21.5 Å². The molecule has 0 spiro atoms. The van der Waals surface area contributed by atoms with E-state index >= 15 is 0 Å². The molecule has 3 aromatic carbocycles. The van der Waals surface area contributed by atoms with Crippen molar-refractivity contribution in [2.24, 2.45) is 5.73 Å². The third-order valence-corrected chi connectivity index (χ3v) is 3.46. The van der Waals surface area contributed by atoms with E-state index in [0.717, 1.165) is 16.3 Å². The highest BCUT2D eigenvalue weighted by Crippen LogP contribution is 2.18. The monoisotopic (exact) mass is 261 g/mol. The Kier molecular flexibility index (Phi) is 3.32. The van der Waals surface area contributed by atoms with Crippen LogP contribution in [-0.2, 0) is 6.54 Å². The number of benzene rings is 3. The standard InChI is InChI=1S/C18H15NO/c19-12-13-5-7-15(8-6-13)18(20)17-10-9-14-3-1-2-4-16(14)11-17/h1-11H,12,19H2. The number of ketones is 1. The van der Waals surface area contributed by atoms with Crippen LogP contribution in [0.15, 0.2) is 66.7 Å².